The van der Waals surface area contributed by atoms with Crippen LogP contribution in [0.5, 0.6) is 5.75 Å². The van der Waals surface area contributed by atoms with E-state index in [4.69, 9.17) is 4.74 Å². The van der Waals surface area contributed by atoms with Crippen LogP contribution >= 0.6 is 15.9 Å². The van der Waals surface area contributed by atoms with Crippen LogP contribution in [-0.2, 0) is 0 Å². The highest BCUT2D eigenvalue weighted by Gasteiger charge is 2.51. The summed E-state index contributed by atoms with van der Waals surface area (Å²) in [5.74, 6) is 0.993. The fraction of sp³-hybridized carbons (Fsp3) is 0.409. The number of ether oxygens (including phenoxy) is 1. The van der Waals surface area contributed by atoms with Gasteiger partial charge in [0, 0.05) is 60.0 Å². The molecule has 0 saturated carbocycles. The maximum absolute atomic E-state index is 6.71. The number of aromatic nitrogens is 1. The van der Waals surface area contributed by atoms with Gasteiger partial charge in [0.2, 0.25) is 0 Å². The Hall–Kier alpha value is -1.89. The first-order chi connectivity index (χ1) is 13.6. The topological polar surface area (TPSA) is 40.6 Å². The number of benzene rings is 1. The number of fused-ring (bicyclic) bond motifs is 4. The van der Waals surface area contributed by atoms with Crippen molar-refractivity contribution in [3.63, 3.8) is 0 Å². The number of hydrogen-bond donors (Lipinski definition) is 1. The molecule has 0 radical (unpaired) electrons. The molecule has 1 saturated heterocycles. The number of halogens is 1. The lowest BCUT2D eigenvalue weighted by molar-refractivity contribution is -0.161. The number of pyridine rings is 1. The molecule has 0 aliphatic carbocycles. The molecule has 0 bridgehead atoms. The Morgan fingerprint density at radius 3 is 2.79 bits per heavy atom. The minimum absolute atomic E-state index is 0.141. The van der Waals surface area contributed by atoms with E-state index in [1.807, 2.05) is 18.5 Å². The predicted molar refractivity (Wildman–Crippen MR) is 113 cm³/mol. The van der Waals surface area contributed by atoms with E-state index in [-0.39, 0.29) is 11.8 Å². The molecule has 5 rings (SSSR count). The SMILES string of the molecule is CC(C)N1CCC2(CC1)Oc1ccc(Br)cc1[C@H]1C=C(c3cccnc3)NN12. The van der Waals surface area contributed by atoms with Crippen molar-refractivity contribution < 1.29 is 4.74 Å². The van der Waals surface area contributed by atoms with Crippen LogP contribution in [0.3, 0.4) is 0 Å². The third kappa shape index (κ3) is 2.95. The number of hydrogen-bond acceptors (Lipinski definition) is 5. The van der Waals surface area contributed by atoms with Gasteiger partial charge in [-0.15, -0.1) is 0 Å². The first kappa shape index (κ1) is 18.2. The van der Waals surface area contributed by atoms with E-state index in [2.05, 4.69) is 80.4 Å². The molecule has 1 fully saturated rings. The van der Waals surface area contributed by atoms with Crippen LogP contribution in [0.25, 0.3) is 5.70 Å². The summed E-state index contributed by atoms with van der Waals surface area (Å²) < 4.78 is 7.78. The van der Waals surface area contributed by atoms with E-state index >= 15 is 0 Å². The molecule has 146 valence electrons. The highest BCUT2D eigenvalue weighted by molar-refractivity contribution is 9.10. The van der Waals surface area contributed by atoms with Crippen molar-refractivity contribution >= 4 is 21.6 Å². The van der Waals surface area contributed by atoms with Gasteiger partial charge in [0.1, 0.15) is 5.75 Å². The summed E-state index contributed by atoms with van der Waals surface area (Å²) in [5.41, 5.74) is 6.72. The van der Waals surface area contributed by atoms with Crippen LogP contribution in [0.2, 0.25) is 0 Å². The lowest BCUT2D eigenvalue weighted by Crippen LogP contribution is -2.64. The van der Waals surface area contributed by atoms with Gasteiger partial charge in [0.05, 0.1) is 11.7 Å². The second kappa shape index (κ2) is 6.87. The maximum atomic E-state index is 6.71. The van der Waals surface area contributed by atoms with Gasteiger partial charge in [0.25, 0.3) is 0 Å². The van der Waals surface area contributed by atoms with E-state index in [0.29, 0.717) is 6.04 Å². The third-order valence-corrected chi connectivity index (χ3v) is 6.65. The summed E-state index contributed by atoms with van der Waals surface area (Å²) in [4.78, 5) is 6.83. The largest absolute Gasteiger partial charge is 0.470 e. The van der Waals surface area contributed by atoms with E-state index in [1.165, 1.54) is 5.56 Å². The van der Waals surface area contributed by atoms with Crippen molar-refractivity contribution in [2.75, 3.05) is 13.1 Å². The van der Waals surface area contributed by atoms with E-state index in [1.54, 1.807) is 0 Å². The maximum Gasteiger partial charge on any atom is 0.182 e. The molecule has 0 amide bonds. The monoisotopic (exact) mass is 440 g/mol. The molecule has 1 atom stereocenters. The second-order valence-electron chi connectivity index (χ2n) is 8.11. The van der Waals surface area contributed by atoms with Gasteiger partial charge >= 0.3 is 0 Å². The predicted octanol–water partition coefficient (Wildman–Crippen LogP) is 4.34. The summed E-state index contributed by atoms with van der Waals surface area (Å²) in [6.07, 6.45) is 7.97. The Bertz CT molecular complexity index is 906. The number of rotatable bonds is 2. The minimum atomic E-state index is -0.336. The first-order valence-electron chi connectivity index (χ1n) is 9.96. The van der Waals surface area contributed by atoms with Crippen molar-refractivity contribution in [1.29, 1.82) is 0 Å². The molecular formula is C22H25BrN4O. The zero-order valence-corrected chi connectivity index (χ0v) is 17.8. The van der Waals surface area contributed by atoms with E-state index < -0.39 is 0 Å². The van der Waals surface area contributed by atoms with Gasteiger partial charge in [-0.05, 0) is 50.3 Å². The van der Waals surface area contributed by atoms with Crippen LogP contribution in [0.15, 0.2) is 53.3 Å². The average Bonchev–Trinajstić information content (AvgIpc) is 3.17. The minimum Gasteiger partial charge on any atom is -0.470 e. The van der Waals surface area contributed by atoms with Crippen LogP contribution in [0.4, 0.5) is 0 Å². The molecule has 0 unspecified atom stereocenters. The molecule has 1 spiro atoms. The fourth-order valence-corrected chi connectivity index (χ4v) is 4.94. The number of nitrogens with one attached hydrogen (secondary N) is 1. The normalized spacial score (nSPS) is 23.7. The highest BCUT2D eigenvalue weighted by atomic mass is 79.9. The second-order valence-corrected chi connectivity index (χ2v) is 9.02. The summed E-state index contributed by atoms with van der Waals surface area (Å²) in [6, 6.07) is 11.1. The highest BCUT2D eigenvalue weighted by Crippen LogP contribution is 2.49. The zero-order chi connectivity index (χ0) is 19.3. The van der Waals surface area contributed by atoms with E-state index in [9.17, 15) is 0 Å². The quantitative estimate of drug-likeness (QED) is 0.751. The number of hydrazine groups is 1. The fourth-order valence-electron chi connectivity index (χ4n) is 4.57. The zero-order valence-electron chi connectivity index (χ0n) is 16.2. The van der Waals surface area contributed by atoms with Gasteiger partial charge < -0.3 is 15.1 Å². The van der Waals surface area contributed by atoms with Crippen molar-refractivity contribution in [1.82, 2.24) is 20.3 Å². The van der Waals surface area contributed by atoms with Crippen LogP contribution in [-0.4, -0.2) is 39.7 Å². The van der Waals surface area contributed by atoms with Crippen molar-refractivity contribution in [2.24, 2.45) is 0 Å². The summed E-state index contributed by atoms with van der Waals surface area (Å²) in [6.45, 7) is 6.62. The van der Waals surface area contributed by atoms with Crippen LogP contribution in [0, 0.1) is 0 Å². The van der Waals surface area contributed by atoms with Gasteiger partial charge in [-0.25, -0.2) is 0 Å². The molecule has 3 aliphatic heterocycles. The molecule has 2 aromatic rings. The first-order valence-corrected chi connectivity index (χ1v) is 10.8. The molecule has 3 aliphatic rings. The van der Waals surface area contributed by atoms with Gasteiger partial charge in [-0.1, -0.05) is 15.9 Å². The Kier molecular flexibility index (Phi) is 4.45. The average molecular weight is 441 g/mol. The summed E-state index contributed by atoms with van der Waals surface area (Å²) in [7, 11) is 0. The molecule has 1 aromatic heterocycles. The smallest absolute Gasteiger partial charge is 0.182 e. The molecule has 6 heteroatoms. The lowest BCUT2D eigenvalue weighted by Gasteiger charge is -2.52. The molecular weight excluding hydrogens is 416 g/mol. The summed E-state index contributed by atoms with van der Waals surface area (Å²) >= 11 is 3.63. The van der Waals surface area contributed by atoms with E-state index in [0.717, 1.165) is 47.4 Å². The van der Waals surface area contributed by atoms with Crippen molar-refractivity contribution in [2.45, 2.75) is 44.5 Å². The molecule has 5 nitrogen and oxygen atoms in total. The Morgan fingerprint density at radius 2 is 2.07 bits per heavy atom. The van der Waals surface area contributed by atoms with Crippen molar-refractivity contribution in [3.05, 3.63) is 64.4 Å². The number of nitrogens with zero attached hydrogens (tertiary/aromatic N) is 3. The van der Waals surface area contributed by atoms with Crippen LogP contribution < -0.4 is 10.2 Å². The molecule has 4 heterocycles. The third-order valence-electron chi connectivity index (χ3n) is 6.16. The molecule has 1 N–H and O–H groups in total. The van der Waals surface area contributed by atoms with Gasteiger partial charge in [-0.3, -0.25) is 4.98 Å². The Balaban J connectivity index is 1.54. The van der Waals surface area contributed by atoms with Crippen molar-refractivity contribution in [3.8, 4) is 5.75 Å². The standard InChI is InChI=1S/C22H25BrN4O/c1-15(2)26-10-7-22(8-11-26)27-20(18-12-17(23)5-6-21(18)28-22)13-19(25-27)16-4-3-9-24-14-16/h3-6,9,12-15,20,25H,7-8,10-11H2,1-2H3/t20-/m1/s1. The number of piperidine rings is 1. The van der Waals surface area contributed by atoms with Crippen LogP contribution in [0.1, 0.15) is 43.9 Å². The number of likely N-dealkylation sites (tertiary alicyclic amines) is 1. The van der Waals surface area contributed by atoms with Gasteiger partial charge in [0.15, 0.2) is 5.72 Å². The van der Waals surface area contributed by atoms with Gasteiger partial charge in [-0.2, -0.15) is 5.01 Å². The molecule has 28 heavy (non-hydrogen) atoms. The Morgan fingerprint density at radius 1 is 1.25 bits per heavy atom. The Labute approximate surface area is 174 Å². The molecule has 1 aromatic carbocycles. The lowest BCUT2D eigenvalue weighted by atomic mass is 9.92. The summed E-state index contributed by atoms with van der Waals surface area (Å²) in [5, 5.41) is 2.34.